The summed E-state index contributed by atoms with van der Waals surface area (Å²) in [5.41, 5.74) is 7.08. The molecule has 1 aliphatic carbocycles. The maximum absolute atomic E-state index is 11.1. The number of hydrogen-bond donors (Lipinski definition) is 3. The highest BCUT2D eigenvalue weighted by molar-refractivity contribution is 6.35. The molecule has 9 heteroatoms. The number of carbonyl (C=O) groups is 1. The Balaban J connectivity index is 1.50. The Morgan fingerprint density at radius 3 is 2.77 bits per heavy atom. The van der Waals surface area contributed by atoms with Gasteiger partial charge in [-0.05, 0) is 42.6 Å². The van der Waals surface area contributed by atoms with Crippen molar-refractivity contribution in [1.29, 1.82) is 0 Å². The fraction of sp³-hybridized carbons (Fsp3) is 0.176. The number of H-pyrrole nitrogens is 1. The van der Waals surface area contributed by atoms with Crippen molar-refractivity contribution in [2.24, 2.45) is 5.73 Å². The van der Waals surface area contributed by atoms with Gasteiger partial charge in [-0.25, -0.2) is 4.98 Å². The van der Waals surface area contributed by atoms with Crippen LogP contribution in [0, 0.1) is 0 Å². The first-order valence-corrected chi connectivity index (χ1v) is 8.11. The van der Waals surface area contributed by atoms with E-state index in [4.69, 9.17) is 18.3 Å². The second kappa shape index (κ2) is 6.51. The van der Waals surface area contributed by atoms with Gasteiger partial charge in [0.2, 0.25) is 5.91 Å². The number of rotatable bonds is 6. The Morgan fingerprint density at radius 2 is 2.08 bits per heavy atom. The van der Waals surface area contributed by atoms with E-state index in [9.17, 15) is 4.79 Å². The van der Waals surface area contributed by atoms with E-state index in [1.807, 2.05) is 6.07 Å². The number of carbonyl (C=O) groups excluding carboxylic acids is 1. The smallest absolute Gasteiger partial charge is 0.323 e. The highest BCUT2D eigenvalue weighted by atomic mass is 16.5. The molecule has 4 N–H and O–H groups in total. The lowest BCUT2D eigenvalue weighted by Crippen LogP contribution is -2.14. The Labute approximate surface area is 150 Å². The molecule has 2 aromatic heterocycles. The van der Waals surface area contributed by atoms with Crippen molar-refractivity contribution in [3.05, 3.63) is 47.8 Å². The average Bonchev–Trinajstić information content (AvgIpc) is 3.38. The number of nitrogens with one attached hydrogen (secondary N) is 2. The predicted molar refractivity (Wildman–Crippen MR) is 96.3 cm³/mol. The van der Waals surface area contributed by atoms with Crippen molar-refractivity contribution in [2.75, 3.05) is 5.32 Å². The van der Waals surface area contributed by atoms with Crippen LogP contribution in [0.5, 0.6) is 11.8 Å². The molecule has 26 heavy (non-hydrogen) atoms. The van der Waals surface area contributed by atoms with Crippen molar-refractivity contribution in [2.45, 2.75) is 18.8 Å². The predicted octanol–water partition coefficient (Wildman–Crippen LogP) is 1.51. The van der Waals surface area contributed by atoms with Crippen LogP contribution in [0.3, 0.4) is 0 Å². The third-order valence-electron chi connectivity index (χ3n) is 4.00. The van der Waals surface area contributed by atoms with Crippen molar-refractivity contribution >= 4 is 30.9 Å². The van der Waals surface area contributed by atoms with Crippen molar-refractivity contribution in [1.82, 2.24) is 20.2 Å². The molecule has 1 saturated carbocycles. The molecule has 0 aliphatic heterocycles. The van der Waals surface area contributed by atoms with E-state index >= 15 is 0 Å². The van der Waals surface area contributed by atoms with E-state index in [-0.39, 0.29) is 6.01 Å². The van der Waals surface area contributed by atoms with E-state index in [2.05, 4.69) is 25.5 Å². The number of anilines is 2. The summed E-state index contributed by atoms with van der Waals surface area (Å²) < 4.78 is 5.60. The minimum Gasteiger partial charge on any atom is -0.424 e. The molecule has 1 amide bonds. The molecule has 1 aliphatic rings. The molecule has 2 heterocycles. The third kappa shape index (κ3) is 3.51. The number of hydrogen-bond acceptors (Lipinski definition) is 6. The normalized spacial score (nSPS) is 13.4. The number of aromatic amines is 1. The lowest BCUT2D eigenvalue weighted by molar-refractivity contribution is 0.100. The maximum atomic E-state index is 11.1. The number of nitrogens with two attached hydrogens (primary N) is 1. The molecule has 128 valence electrons. The summed E-state index contributed by atoms with van der Waals surface area (Å²) in [4.78, 5) is 19.4. The molecule has 8 nitrogen and oxygen atoms in total. The van der Waals surface area contributed by atoms with Gasteiger partial charge in [0, 0.05) is 29.4 Å². The Kier molecular flexibility index (Phi) is 4.04. The van der Waals surface area contributed by atoms with Crippen LogP contribution in [-0.4, -0.2) is 33.9 Å². The molecule has 3 aromatic rings. The Morgan fingerprint density at radius 1 is 1.31 bits per heavy atom. The number of benzene rings is 1. The summed E-state index contributed by atoms with van der Waals surface area (Å²) in [6, 6.07) is 8.42. The third-order valence-corrected chi connectivity index (χ3v) is 4.00. The Hall–Kier alpha value is -3.36. The van der Waals surface area contributed by atoms with E-state index < -0.39 is 5.91 Å². The van der Waals surface area contributed by atoms with Crippen LogP contribution in [-0.2, 0) is 0 Å². The molecular formula is C17H15BN6O2. The second-order valence-electron chi connectivity index (χ2n) is 6.06. The summed E-state index contributed by atoms with van der Waals surface area (Å²) in [5.74, 6) is 1.58. The summed E-state index contributed by atoms with van der Waals surface area (Å²) in [5, 5.41) is 10.3. The summed E-state index contributed by atoms with van der Waals surface area (Å²) in [7, 11) is 5.93. The average molecular weight is 346 g/mol. The minimum absolute atomic E-state index is 0.117. The zero-order valence-electron chi connectivity index (χ0n) is 13.8. The molecule has 0 bridgehead atoms. The van der Waals surface area contributed by atoms with Crippen LogP contribution in [0.4, 0.5) is 11.6 Å². The molecule has 4 rings (SSSR count). The van der Waals surface area contributed by atoms with Gasteiger partial charge < -0.3 is 15.8 Å². The summed E-state index contributed by atoms with van der Waals surface area (Å²) in [6.45, 7) is 0. The molecule has 2 radical (unpaired) electrons. The quantitative estimate of drug-likeness (QED) is 0.582. The fourth-order valence-corrected chi connectivity index (χ4v) is 2.44. The zero-order chi connectivity index (χ0) is 18.1. The lowest BCUT2D eigenvalue weighted by atomic mass is 9.99. The standard InChI is InChI=1S/C17H15BN6O2/c18-12-8-20-17(26-11-5-3-10(4-6-11)15(19)25)22-16(12)21-14-7-13(23-24-14)9-1-2-9/h3-9H,1-2H2,(H2,19,25)(H2,20,21,22,23,24). The minimum atomic E-state index is -0.503. The van der Waals surface area contributed by atoms with Gasteiger partial charge in [-0.15, -0.1) is 0 Å². The largest absolute Gasteiger partial charge is 0.424 e. The molecule has 0 spiro atoms. The van der Waals surface area contributed by atoms with E-state index in [0.717, 1.165) is 5.69 Å². The molecule has 1 fully saturated rings. The van der Waals surface area contributed by atoms with Crippen LogP contribution in [0.1, 0.15) is 34.8 Å². The van der Waals surface area contributed by atoms with Crippen molar-refractivity contribution < 1.29 is 9.53 Å². The highest BCUT2D eigenvalue weighted by Gasteiger charge is 2.25. The molecule has 0 atom stereocenters. The first-order chi connectivity index (χ1) is 12.6. The number of primary amides is 1. The van der Waals surface area contributed by atoms with Crippen LogP contribution in [0.15, 0.2) is 36.5 Å². The van der Waals surface area contributed by atoms with Crippen LogP contribution in [0.2, 0.25) is 0 Å². The van der Waals surface area contributed by atoms with E-state index in [1.165, 1.54) is 19.0 Å². The lowest BCUT2D eigenvalue weighted by Gasteiger charge is -2.09. The van der Waals surface area contributed by atoms with Crippen molar-refractivity contribution in [3.8, 4) is 11.8 Å². The molecule has 0 unspecified atom stereocenters. The number of aromatic nitrogens is 4. The summed E-state index contributed by atoms with van der Waals surface area (Å²) in [6.07, 6.45) is 3.82. The number of ether oxygens (including phenoxy) is 1. The second-order valence-corrected chi connectivity index (χ2v) is 6.06. The molecule has 1 aromatic carbocycles. The van der Waals surface area contributed by atoms with Gasteiger partial charge in [0.15, 0.2) is 5.82 Å². The Bertz CT molecular complexity index is 952. The first kappa shape index (κ1) is 16.1. The van der Waals surface area contributed by atoms with Crippen LogP contribution < -0.4 is 21.3 Å². The maximum Gasteiger partial charge on any atom is 0.323 e. The highest BCUT2D eigenvalue weighted by Crippen LogP contribution is 2.39. The van der Waals surface area contributed by atoms with E-state index in [1.54, 1.807) is 24.3 Å². The van der Waals surface area contributed by atoms with Gasteiger partial charge in [-0.3, -0.25) is 9.89 Å². The van der Waals surface area contributed by atoms with Crippen molar-refractivity contribution in [3.63, 3.8) is 0 Å². The topological polar surface area (TPSA) is 119 Å². The number of nitrogens with zero attached hydrogens (tertiary/aromatic N) is 3. The van der Waals surface area contributed by atoms with Gasteiger partial charge in [0.25, 0.3) is 0 Å². The van der Waals surface area contributed by atoms with E-state index in [0.29, 0.717) is 34.3 Å². The first-order valence-electron chi connectivity index (χ1n) is 8.11. The van der Waals surface area contributed by atoms with Gasteiger partial charge >= 0.3 is 6.01 Å². The molecular weight excluding hydrogens is 331 g/mol. The number of amides is 1. The fourth-order valence-electron chi connectivity index (χ4n) is 2.44. The van der Waals surface area contributed by atoms with Crippen LogP contribution >= 0.6 is 0 Å². The SMILES string of the molecule is [B]c1cnc(Oc2ccc(C(N)=O)cc2)nc1Nc1cc(C2CC2)[nH]n1. The van der Waals surface area contributed by atoms with Gasteiger partial charge in [-0.1, -0.05) is 0 Å². The zero-order valence-corrected chi connectivity index (χ0v) is 13.8. The monoisotopic (exact) mass is 346 g/mol. The van der Waals surface area contributed by atoms with Gasteiger partial charge in [0.1, 0.15) is 19.4 Å². The van der Waals surface area contributed by atoms with Gasteiger partial charge in [-0.2, -0.15) is 10.1 Å². The summed E-state index contributed by atoms with van der Waals surface area (Å²) >= 11 is 0. The van der Waals surface area contributed by atoms with Gasteiger partial charge in [0.05, 0.1) is 0 Å². The van der Waals surface area contributed by atoms with Crippen LogP contribution in [0.25, 0.3) is 0 Å². The molecule has 0 saturated heterocycles.